The zero-order valence-electron chi connectivity index (χ0n) is 9.98. The second-order valence-corrected chi connectivity index (χ2v) is 4.08. The lowest BCUT2D eigenvalue weighted by Gasteiger charge is -2.25. The topological polar surface area (TPSA) is 65.4 Å². The number of ether oxygens (including phenoxy) is 2. The average molecular weight is 279 g/mol. The summed E-state index contributed by atoms with van der Waals surface area (Å²) in [6.45, 7) is 1.73. The third-order valence-corrected chi connectivity index (χ3v) is 2.66. The lowest BCUT2D eigenvalue weighted by molar-refractivity contribution is -0.189. The lowest BCUT2D eigenvalue weighted by atomic mass is 10.3. The van der Waals surface area contributed by atoms with Crippen molar-refractivity contribution in [3.05, 3.63) is 6.20 Å². The average Bonchev–Trinajstić information content (AvgIpc) is 2.58. The summed E-state index contributed by atoms with van der Waals surface area (Å²) in [5, 5.41) is 6.16. The molecule has 2 rings (SSSR count). The highest BCUT2D eigenvalue weighted by Gasteiger charge is 2.39. The second kappa shape index (κ2) is 5.08. The van der Waals surface area contributed by atoms with Crippen molar-refractivity contribution in [1.82, 2.24) is 9.78 Å². The first kappa shape index (κ1) is 13.7. The lowest BCUT2D eigenvalue weighted by Crippen LogP contribution is -2.32. The van der Waals surface area contributed by atoms with Gasteiger partial charge in [-0.2, -0.15) is 13.2 Å². The Hall–Kier alpha value is -1.77. The van der Waals surface area contributed by atoms with E-state index in [-0.39, 0.29) is 17.6 Å². The van der Waals surface area contributed by atoms with Crippen molar-refractivity contribution in [3.8, 4) is 5.88 Å². The zero-order valence-corrected chi connectivity index (χ0v) is 9.98. The smallest absolute Gasteiger partial charge is 0.425 e. The largest absolute Gasteiger partial charge is 0.462 e. The molecule has 2 heterocycles. The van der Waals surface area contributed by atoms with Crippen LogP contribution in [0.3, 0.4) is 0 Å². The standard InChI is InChI=1S/C10H12F3N3O3/c1-6(10(11,12)13)19-9-8(14-5-17)2-16(15-9)7-3-18-4-7/h2,5-7H,3-4H2,1H3,(H,14,17). The Kier molecular flexibility index (Phi) is 3.65. The van der Waals surface area contributed by atoms with Gasteiger partial charge in [-0.25, -0.2) is 0 Å². The van der Waals surface area contributed by atoms with Crippen molar-refractivity contribution in [1.29, 1.82) is 0 Å². The highest BCUT2D eigenvalue weighted by Crippen LogP contribution is 2.30. The van der Waals surface area contributed by atoms with Crippen molar-refractivity contribution in [2.45, 2.75) is 25.2 Å². The normalized spacial score (nSPS) is 17.7. The Morgan fingerprint density at radius 3 is 2.79 bits per heavy atom. The molecule has 0 spiro atoms. The Morgan fingerprint density at radius 2 is 2.32 bits per heavy atom. The summed E-state index contributed by atoms with van der Waals surface area (Å²) in [6.07, 6.45) is -4.74. The summed E-state index contributed by atoms with van der Waals surface area (Å²) in [5.41, 5.74) is 0.0954. The van der Waals surface area contributed by atoms with Crippen molar-refractivity contribution in [3.63, 3.8) is 0 Å². The summed E-state index contributed by atoms with van der Waals surface area (Å²) in [5.74, 6) is -0.260. The number of aromatic nitrogens is 2. The molecule has 1 N–H and O–H groups in total. The van der Waals surface area contributed by atoms with Crippen molar-refractivity contribution in [2.24, 2.45) is 0 Å². The van der Waals surface area contributed by atoms with E-state index >= 15 is 0 Å². The van der Waals surface area contributed by atoms with Crippen LogP contribution in [0, 0.1) is 0 Å². The molecule has 0 aromatic carbocycles. The van der Waals surface area contributed by atoms with E-state index in [1.807, 2.05) is 0 Å². The number of rotatable bonds is 5. The zero-order chi connectivity index (χ0) is 14.0. The molecule has 106 valence electrons. The summed E-state index contributed by atoms with van der Waals surface area (Å²) >= 11 is 0. The van der Waals surface area contributed by atoms with E-state index in [4.69, 9.17) is 9.47 Å². The molecule has 9 heteroatoms. The van der Waals surface area contributed by atoms with Gasteiger partial charge in [0.25, 0.3) is 5.88 Å². The van der Waals surface area contributed by atoms with E-state index in [0.717, 1.165) is 6.92 Å². The van der Waals surface area contributed by atoms with Crippen LogP contribution < -0.4 is 10.1 Å². The Bertz CT molecular complexity index is 457. The van der Waals surface area contributed by atoms with Crippen LogP contribution in [0.25, 0.3) is 0 Å². The first-order valence-electron chi connectivity index (χ1n) is 5.52. The van der Waals surface area contributed by atoms with Crippen LogP contribution in [-0.4, -0.2) is 41.7 Å². The minimum atomic E-state index is -4.50. The molecule has 1 aliphatic heterocycles. The molecule has 1 atom stereocenters. The Labute approximate surface area is 106 Å². The van der Waals surface area contributed by atoms with Gasteiger partial charge in [0.15, 0.2) is 6.10 Å². The van der Waals surface area contributed by atoms with E-state index < -0.39 is 12.3 Å². The van der Waals surface area contributed by atoms with Crippen LogP contribution in [-0.2, 0) is 9.53 Å². The molecule has 1 aromatic heterocycles. The molecule has 0 radical (unpaired) electrons. The third kappa shape index (κ3) is 2.98. The quantitative estimate of drug-likeness (QED) is 0.826. The van der Waals surface area contributed by atoms with Gasteiger partial charge in [0, 0.05) is 0 Å². The number of anilines is 1. The monoisotopic (exact) mass is 279 g/mol. The minimum Gasteiger partial charge on any atom is -0.462 e. The minimum absolute atomic E-state index is 0.0502. The van der Waals surface area contributed by atoms with Crippen LogP contribution in [0.1, 0.15) is 13.0 Å². The highest BCUT2D eigenvalue weighted by molar-refractivity contribution is 5.73. The van der Waals surface area contributed by atoms with E-state index in [0.29, 0.717) is 19.6 Å². The number of amides is 1. The fraction of sp³-hybridized carbons (Fsp3) is 0.600. The molecule has 6 nitrogen and oxygen atoms in total. The first-order valence-corrected chi connectivity index (χ1v) is 5.52. The van der Waals surface area contributed by atoms with Crippen molar-refractivity contribution in [2.75, 3.05) is 18.5 Å². The predicted octanol–water partition coefficient (Wildman–Crippen LogP) is 1.35. The molecule has 0 saturated carbocycles. The van der Waals surface area contributed by atoms with E-state index in [1.54, 1.807) is 0 Å². The summed E-state index contributed by atoms with van der Waals surface area (Å²) in [4.78, 5) is 10.4. The SMILES string of the molecule is CC(Oc1nn(C2COC2)cc1NC=O)C(F)(F)F. The molecule has 1 aliphatic rings. The van der Waals surface area contributed by atoms with Crippen molar-refractivity contribution >= 4 is 12.1 Å². The fourth-order valence-electron chi connectivity index (χ4n) is 1.42. The van der Waals surface area contributed by atoms with Crippen LogP contribution in [0.2, 0.25) is 0 Å². The van der Waals surface area contributed by atoms with Gasteiger partial charge in [-0.3, -0.25) is 9.48 Å². The maximum Gasteiger partial charge on any atom is 0.425 e. The summed E-state index contributed by atoms with van der Waals surface area (Å²) in [7, 11) is 0. The van der Waals surface area contributed by atoms with Crippen LogP contribution in [0.15, 0.2) is 6.20 Å². The molecule has 1 saturated heterocycles. The predicted molar refractivity (Wildman–Crippen MR) is 57.9 cm³/mol. The number of nitrogens with zero attached hydrogens (tertiary/aromatic N) is 2. The Balaban J connectivity index is 2.17. The molecular formula is C10H12F3N3O3. The second-order valence-electron chi connectivity index (χ2n) is 4.08. The molecule has 1 amide bonds. The number of carbonyl (C=O) groups excluding carboxylic acids is 1. The number of nitrogens with one attached hydrogen (secondary N) is 1. The number of alkyl halides is 3. The van der Waals surface area contributed by atoms with Gasteiger partial charge in [0.2, 0.25) is 6.41 Å². The number of hydrogen-bond donors (Lipinski definition) is 1. The van der Waals surface area contributed by atoms with Crippen LogP contribution >= 0.6 is 0 Å². The number of carbonyl (C=O) groups is 1. The first-order chi connectivity index (χ1) is 8.91. The maximum atomic E-state index is 12.4. The Morgan fingerprint density at radius 1 is 1.63 bits per heavy atom. The molecule has 1 unspecified atom stereocenters. The third-order valence-electron chi connectivity index (χ3n) is 2.66. The summed E-state index contributed by atoms with van der Waals surface area (Å²) < 4.78 is 48.4. The van der Waals surface area contributed by atoms with Gasteiger partial charge in [-0.05, 0) is 6.92 Å². The van der Waals surface area contributed by atoms with E-state index in [9.17, 15) is 18.0 Å². The molecular weight excluding hydrogens is 267 g/mol. The van der Waals surface area contributed by atoms with E-state index in [2.05, 4.69) is 10.4 Å². The number of halogens is 3. The fourth-order valence-corrected chi connectivity index (χ4v) is 1.42. The molecule has 1 aromatic rings. The van der Waals surface area contributed by atoms with Gasteiger partial charge < -0.3 is 14.8 Å². The van der Waals surface area contributed by atoms with Gasteiger partial charge in [-0.1, -0.05) is 0 Å². The van der Waals surface area contributed by atoms with Gasteiger partial charge in [-0.15, -0.1) is 5.10 Å². The van der Waals surface area contributed by atoms with Crippen LogP contribution in [0.4, 0.5) is 18.9 Å². The number of hydrogen-bond acceptors (Lipinski definition) is 4. The van der Waals surface area contributed by atoms with Gasteiger partial charge in [0.1, 0.15) is 5.69 Å². The molecule has 0 aliphatic carbocycles. The van der Waals surface area contributed by atoms with Crippen LogP contribution in [0.5, 0.6) is 5.88 Å². The van der Waals surface area contributed by atoms with Gasteiger partial charge in [0.05, 0.1) is 25.5 Å². The van der Waals surface area contributed by atoms with E-state index in [1.165, 1.54) is 10.9 Å². The summed E-state index contributed by atoms with van der Waals surface area (Å²) in [6, 6.07) is -0.0502. The molecule has 19 heavy (non-hydrogen) atoms. The van der Waals surface area contributed by atoms with Gasteiger partial charge >= 0.3 is 6.18 Å². The molecule has 1 fully saturated rings. The molecule has 0 bridgehead atoms. The maximum absolute atomic E-state index is 12.4. The van der Waals surface area contributed by atoms with Crippen molar-refractivity contribution < 1.29 is 27.4 Å². The highest BCUT2D eigenvalue weighted by atomic mass is 19.4.